The fraction of sp³-hybridized carbons (Fsp3) is 0.250. The van der Waals surface area contributed by atoms with E-state index in [1.165, 1.54) is 16.2 Å². The molecular formula is C20H18ClN3O3S. The molecule has 0 unspecified atom stereocenters. The van der Waals surface area contributed by atoms with E-state index in [1.54, 1.807) is 29.2 Å². The maximum absolute atomic E-state index is 13.0. The van der Waals surface area contributed by atoms with E-state index in [1.807, 2.05) is 24.3 Å². The van der Waals surface area contributed by atoms with Gasteiger partial charge in [0, 0.05) is 18.0 Å². The van der Waals surface area contributed by atoms with Gasteiger partial charge in [-0.15, -0.1) is 0 Å². The molecule has 0 N–H and O–H groups in total. The lowest BCUT2D eigenvalue weighted by molar-refractivity contribution is -0.128. The van der Waals surface area contributed by atoms with Crippen LogP contribution in [0.5, 0.6) is 5.75 Å². The third-order valence-corrected chi connectivity index (χ3v) is 5.79. The molecule has 1 aromatic heterocycles. The smallest absolute Gasteiger partial charge is 0.268 e. The Balaban J connectivity index is 1.55. The summed E-state index contributed by atoms with van der Waals surface area (Å²) in [7, 11) is 0. The predicted octanol–water partition coefficient (Wildman–Crippen LogP) is 3.94. The molecule has 2 aromatic carbocycles. The number of carbonyl (C=O) groups is 2. The normalized spacial score (nSPS) is 13.9. The molecule has 144 valence electrons. The van der Waals surface area contributed by atoms with Crippen LogP contribution in [-0.2, 0) is 9.59 Å². The van der Waals surface area contributed by atoms with Crippen molar-refractivity contribution in [3.63, 3.8) is 0 Å². The quantitative estimate of drug-likeness (QED) is 0.611. The number of para-hydroxylation sites is 1. The predicted molar refractivity (Wildman–Crippen MR) is 110 cm³/mol. The van der Waals surface area contributed by atoms with Crippen LogP contribution in [0.15, 0.2) is 48.5 Å². The van der Waals surface area contributed by atoms with Gasteiger partial charge >= 0.3 is 0 Å². The number of thiazole rings is 1. The van der Waals surface area contributed by atoms with Gasteiger partial charge in [0.1, 0.15) is 12.4 Å². The van der Waals surface area contributed by atoms with E-state index >= 15 is 0 Å². The molecule has 4 rings (SSSR count). The minimum Gasteiger partial charge on any atom is -0.484 e. The monoisotopic (exact) mass is 415 g/mol. The second kappa shape index (κ2) is 8.16. The molecule has 1 saturated heterocycles. The van der Waals surface area contributed by atoms with Gasteiger partial charge in [-0.3, -0.25) is 14.5 Å². The van der Waals surface area contributed by atoms with Gasteiger partial charge in [-0.2, -0.15) is 0 Å². The van der Waals surface area contributed by atoms with Crippen LogP contribution in [0.25, 0.3) is 10.2 Å². The molecule has 0 bridgehead atoms. The summed E-state index contributed by atoms with van der Waals surface area (Å²) in [5, 5.41) is 1.16. The molecule has 2 heterocycles. The van der Waals surface area contributed by atoms with Gasteiger partial charge in [-0.1, -0.05) is 35.1 Å². The Morgan fingerprint density at radius 3 is 2.71 bits per heavy atom. The average Bonchev–Trinajstić information content (AvgIpc) is 3.31. The van der Waals surface area contributed by atoms with Crippen LogP contribution >= 0.6 is 22.9 Å². The minimum atomic E-state index is -0.256. The number of fused-ring (bicyclic) bond motifs is 1. The first-order valence-electron chi connectivity index (χ1n) is 8.92. The first-order chi connectivity index (χ1) is 13.6. The van der Waals surface area contributed by atoms with Gasteiger partial charge in [0.25, 0.3) is 5.91 Å². The van der Waals surface area contributed by atoms with Crippen molar-refractivity contribution in [3.05, 3.63) is 53.6 Å². The number of likely N-dealkylation sites (tertiary alicyclic amines) is 1. The van der Waals surface area contributed by atoms with E-state index in [9.17, 15) is 9.59 Å². The molecule has 0 atom stereocenters. The molecule has 3 aromatic rings. The second-order valence-electron chi connectivity index (χ2n) is 6.43. The summed E-state index contributed by atoms with van der Waals surface area (Å²) in [5.41, 5.74) is 0.826. The number of aromatic nitrogens is 1. The summed E-state index contributed by atoms with van der Waals surface area (Å²) in [6, 6.07) is 14.5. The van der Waals surface area contributed by atoms with Gasteiger partial charge in [0.2, 0.25) is 5.91 Å². The van der Waals surface area contributed by atoms with Crippen LogP contribution in [0.3, 0.4) is 0 Å². The molecule has 0 aliphatic carbocycles. The number of benzene rings is 2. The summed E-state index contributed by atoms with van der Waals surface area (Å²) >= 11 is 7.30. The zero-order chi connectivity index (χ0) is 19.5. The molecule has 0 spiro atoms. The number of hydrogen-bond acceptors (Lipinski definition) is 5. The minimum absolute atomic E-state index is 0.0533. The number of carbonyl (C=O) groups excluding carboxylic acids is 2. The van der Waals surface area contributed by atoms with Crippen molar-refractivity contribution in [3.8, 4) is 5.75 Å². The highest BCUT2D eigenvalue weighted by Gasteiger charge is 2.27. The number of anilines is 1. The molecule has 2 amide bonds. The van der Waals surface area contributed by atoms with E-state index in [0.717, 1.165) is 16.6 Å². The van der Waals surface area contributed by atoms with Crippen molar-refractivity contribution < 1.29 is 14.3 Å². The molecular weight excluding hydrogens is 398 g/mol. The maximum Gasteiger partial charge on any atom is 0.268 e. The number of amides is 2. The summed E-state index contributed by atoms with van der Waals surface area (Å²) in [4.78, 5) is 32.8. The van der Waals surface area contributed by atoms with Crippen LogP contribution in [-0.4, -0.2) is 41.5 Å². The van der Waals surface area contributed by atoms with Gasteiger partial charge < -0.3 is 9.64 Å². The Bertz CT molecular complexity index is 972. The molecule has 1 fully saturated rings. The Morgan fingerprint density at radius 1 is 1.21 bits per heavy atom. The van der Waals surface area contributed by atoms with E-state index in [-0.39, 0.29) is 25.1 Å². The number of halogens is 1. The number of ether oxygens (including phenoxy) is 1. The SMILES string of the molecule is O=C1CCCN1CN(C(=O)COc1ccc(Cl)cc1)c1nc2ccccc2s1. The third kappa shape index (κ3) is 4.10. The van der Waals surface area contributed by atoms with Gasteiger partial charge in [-0.25, -0.2) is 4.98 Å². The van der Waals surface area contributed by atoms with E-state index < -0.39 is 0 Å². The van der Waals surface area contributed by atoms with Crippen LogP contribution in [0.1, 0.15) is 12.8 Å². The zero-order valence-corrected chi connectivity index (χ0v) is 16.6. The van der Waals surface area contributed by atoms with Gasteiger partial charge in [-0.05, 0) is 42.8 Å². The number of nitrogens with zero attached hydrogens (tertiary/aromatic N) is 3. The van der Waals surface area contributed by atoms with Crippen molar-refractivity contribution >= 4 is 50.1 Å². The van der Waals surface area contributed by atoms with Crippen molar-refractivity contribution in [2.45, 2.75) is 12.8 Å². The fourth-order valence-corrected chi connectivity index (χ4v) is 4.10. The lowest BCUT2D eigenvalue weighted by Gasteiger charge is -2.25. The first kappa shape index (κ1) is 18.7. The fourth-order valence-electron chi connectivity index (χ4n) is 3.00. The molecule has 0 saturated carbocycles. The summed E-state index contributed by atoms with van der Waals surface area (Å²) < 4.78 is 6.60. The second-order valence-corrected chi connectivity index (χ2v) is 7.88. The van der Waals surface area contributed by atoms with Gasteiger partial charge in [0.15, 0.2) is 11.7 Å². The molecule has 1 aliphatic heterocycles. The van der Waals surface area contributed by atoms with Crippen molar-refractivity contribution in [1.29, 1.82) is 0 Å². The molecule has 6 nitrogen and oxygen atoms in total. The Labute approximate surface area is 171 Å². The summed E-state index contributed by atoms with van der Waals surface area (Å²) in [6.45, 7) is 0.673. The summed E-state index contributed by atoms with van der Waals surface area (Å²) in [6.07, 6.45) is 1.32. The zero-order valence-electron chi connectivity index (χ0n) is 15.0. The molecule has 1 aliphatic rings. The lowest BCUT2D eigenvalue weighted by atomic mass is 10.3. The van der Waals surface area contributed by atoms with Crippen molar-refractivity contribution in [2.75, 3.05) is 24.7 Å². The van der Waals surface area contributed by atoms with E-state index in [0.29, 0.717) is 28.9 Å². The maximum atomic E-state index is 13.0. The topological polar surface area (TPSA) is 62.7 Å². The Hall–Kier alpha value is -2.64. The van der Waals surface area contributed by atoms with E-state index in [4.69, 9.17) is 16.3 Å². The highest BCUT2D eigenvalue weighted by atomic mass is 35.5. The van der Waals surface area contributed by atoms with Crippen molar-refractivity contribution in [2.24, 2.45) is 0 Å². The molecule has 0 radical (unpaired) electrons. The summed E-state index contributed by atoms with van der Waals surface area (Å²) in [5.74, 6) is 0.352. The standard InChI is InChI=1S/C20H18ClN3O3S/c21-14-7-9-15(10-8-14)27-12-19(26)24(13-23-11-3-6-18(23)25)20-22-16-4-1-2-5-17(16)28-20/h1-2,4-5,7-10H,3,6,11-13H2. The third-order valence-electron chi connectivity index (χ3n) is 4.47. The van der Waals surface area contributed by atoms with E-state index in [2.05, 4.69) is 4.98 Å². The van der Waals surface area contributed by atoms with Crippen molar-refractivity contribution in [1.82, 2.24) is 9.88 Å². The Kier molecular flexibility index (Phi) is 5.45. The molecule has 8 heteroatoms. The first-order valence-corrected chi connectivity index (χ1v) is 10.1. The van der Waals surface area contributed by atoms with Crippen LogP contribution < -0.4 is 9.64 Å². The Morgan fingerprint density at radius 2 is 2.00 bits per heavy atom. The van der Waals surface area contributed by atoms with Crippen LogP contribution in [0.4, 0.5) is 5.13 Å². The highest BCUT2D eigenvalue weighted by Crippen LogP contribution is 2.29. The highest BCUT2D eigenvalue weighted by molar-refractivity contribution is 7.22. The van der Waals surface area contributed by atoms with Crippen LogP contribution in [0, 0.1) is 0 Å². The molecule has 28 heavy (non-hydrogen) atoms. The van der Waals surface area contributed by atoms with Crippen LogP contribution in [0.2, 0.25) is 5.02 Å². The average molecular weight is 416 g/mol. The number of rotatable bonds is 6. The lowest BCUT2D eigenvalue weighted by Crippen LogP contribution is -2.44. The largest absolute Gasteiger partial charge is 0.484 e. The van der Waals surface area contributed by atoms with Gasteiger partial charge in [0.05, 0.1) is 10.2 Å². The number of hydrogen-bond donors (Lipinski definition) is 0.